The Kier molecular flexibility index (Phi) is 8.47. The fraction of sp³-hybridized carbons (Fsp3) is 0.188. The van der Waals surface area contributed by atoms with Crippen molar-refractivity contribution in [3.05, 3.63) is 35.9 Å². The summed E-state index contributed by atoms with van der Waals surface area (Å²) < 4.78 is 30.5. The number of hydrazine groups is 2. The number of hydrogen-bond donors (Lipinski definition) is 8. The van der Waals surface area contributed by atoms with Crippen LogP contribution in [0.2, 0.25) is 0 Å². The number of hydrogen-bond acceptors (Lipinski definition) is 13. The smallest absolute Gasteiger partial charge is 0.240 e. The average Bonchev–Trinajstić information content (AvgIpc) is 2.72. The van der Waals surface area contributed by atoms with Crippen LogP contribution in [-0.4, -0.2) is 34.4 Å². The first-order valence-electron chi connectivity index (χ1n) is 8.95. The molecule has 16 heteroatoms. The van der Waals surface area contributed by atoms with Crippen molar-refractivity contribution in [3.8, 4) is 11.1 Å². The molecule has 2 aromatic carbocycles. The number of benzene rings is 2. The van der Waals surface area contributed by atoms with Crippen molar-refractivity contribution in [2.75, 3.05) is 35.2 Å². The summed E-state index contributed by atoms with van der Waals surface area (Å²) in [6.07, 6.45) is 0. The second kappa shape index (κ2) is 10.7. The zero-order valence-electron chi connectivity index (χ0n) is 17.2. The lowest BCUT2D eigenvalue weighted by atomic mass is 9.95. The standard InChI is InChI=1S/C16H27N11O3S2/c1-26(31-30-22)15-12(32(23,28)29)6-5-9(13(15)16(19)24-25-20)10-3-2-4-11(14(10)18)27(21)8-7-17/h2-6,25H,7-8,17-18,20-22H2,1H3,(H2,19,24)(H2,23,28,29). The molecule has 0 aliphatic carbocycles. The van der Waals surface area contributed by atoms with E-state index in [1.54, 1.807) is 18.2 Å². The summed E-state index contributed by atoms with van der Waals surface area (Å²) in [5.74, 6) is 16.4. The Morgan fingerprint density at radius 1 is 1.25 bits per heavy atom. The van der Waals surface area contributed by atoms with Crippen LogP contribution in [0.1, 0.15) is 5.56 Å². The molecule has 0 fully saturated rings. The van der Waals surface area contributed by atoms with Crippen LogP contribution in [0.15, 0.2) is 40.3 Å². The Labute approximate surface area is 189 Å². The molecule has 0 aliphatic rings. The van der Waals surface area contributed by atoms with E-state index in [1.807, 2.05) is 0 Å². The zero-order valence-corrected chi connectivity index (χ0v) is 18.9. The maximum absolute atomic E-state index is 12.3. The van der Waals surface area contributed by atoms with Gasteiger partial charge in [-0.3, -0.25) is 4.31 Å². The van der Waals surface area contributed by atoms with Crippen molar-refractivity contribution in [2.45, 2.75) is 4.90 Å². The molecule has 15 N–H and O–H groups in total. The monoisotopic (exact) mass is 485 g/mol. The quantitative estimate of drug-likeness (QED) is 0.0351. The third-order valence-electron chi connectivity index (χ3n) is 4.41. The lowest BCUT2D eigenvalue weighted by Gasteiger charge is -2.25. The van der Waals surface area contributed by atoms with Gasteiger partial charge in [0, 0.05) is 25.7 Å². The van der Waals surface area contributed by atoms with E-state index in [4.69, 9.17) is 39.9 Å². The predicted octanol–water partition coefficient (Wildman–Crippen LogP) is -1.80. The van der Waals surface area contributed by atoms with Gasteiger partial charge in [-0.1, -0.05) is 18.2 Å². The first-order valence-corrected chi connectivity index (χ1v) is 11.2. The van der Waals surface area contributed by atoms with E-state index in [0.717, 1.165) is 0 Å². The molecule has 0 aliphatic heterocycles. The molecule has 0 bridgehead atoms. The number of nitrogens with two attached hydrogens (primary N) is 7. The van der Waals surface area contributed by atoms with E-state index in [2.05, 4.69) is 14.9 Å². The number of primary sulfonamides is 1. The minimum atomic E-state index is -4.19. The van der Waals surface area contributed by atoms with Crippen molar-refractivity contribution in [2.24, 2.45) is 39.3 Å². The second-order valence-corrected chi connectivity index (χ2v) is 8.81. The van der Waals surface area contributed by atoms with Gasteiger partial charge in [0.05, 0.1) is 22.6 Å². The predicted molar refractivity (Wildman–Crippen MR) is 128 cm³/mol. The molecular formula is C16H27N11O3S2. The van der Waals surface area contributed by atoms with Crippen molar-refractivity contribution in [1.82, 2.24) is 5.53 Å². The summed E-state index contributed by atoms with van der Waals surface area (Å²) >= 11 is 0.643. The number of nitrogens with zero attached hydrogens (tertiary/aromatic N) is 3. The van der Waals surface area contributed by atoms with Crippen LogP contribution in [0.5, 0.6) is 0 Å². The summed E-state index contributed by atoms with van der Waals surface area (Å²) in [6, 6.07) is 7.97. The van der Waals surface area contributed by atoms with E-state index in [9.17, 15) is 8.42 Å². The van der Waals surface area contributed by atoms with Crippen molar-refractivity contribution >= 4 is 45.1 Å². The van der Waals surface area contributed by atoms with Gasteiger partial charge in [0.1, 0.15) is 17.1 Å². The summed E-state index contributed by atoms with van der Waals surface area (Å²) in [7, 11) is -2.69. The van der Waals surface area contributed by atoms with E-state index in [-0.39, 0.29) is 22.0 Å². The number of nitrogens with one attached hydrogen (secondary N) is 1. The second-order valence-electron chi connectivity index (χ2n) is 6.39. The topological polar surface area (TPSA) is 256 Å². The number of sulfonamides is 1. The molecule has 0 unspecified atom stereocenters. The zero-order chi connectivity index (χ0) is 24.1. The van der Waals surface area contributed by atoms with Crippen LogP contribution >= 0.6 is 12.2 Å². The minimum absolute atomic E-state index is 0.0494. The van der Waals surface area contributed by atoms with Crippen molar-refractivity contribution < 1.29 is 12.7 Å². The molecule has 0 atom stereocenters. The first-order chi connectivity index (χ1) is 15.1. The van der Waals surface area contributed by atoms with E-state index >= 15 is 0 Å². The average molecular weight is 486 g/mol. The molecule has 0 heterocycles. The molecule has 0 aromatic heterocycles. The van der Waals surface area contributed by atoms with E-state index in [0.29, 0.717) is 47.8 Å². The van der Waals surface area contributed by atoms with Crippen molar-refractivity contribution in [1.29, 1.82) is 0 Å². The molecule has 32 heavy (non-hydrogen) atoms. The largest absolute Gasteiger partial charge is 0.397 e. The van der Waals surface area contributed by atoms with Gasteiger partial charge in [-0.2, -0.15) is 0 Å². The molecular weight excluding hydrogens is 458 g/mol. The van der Waals surface area contributed by atoms with Crippen molar-refractivity contribution in [3.63, 3.8) is 0 Å². The van der Waals surface area contributed by atoms with E-state index in [1.165, 1.54) is 28.5 Å². The lowest BCUT2D eigenvalue weighted by Crippen LogP contribution is -2.36. The number of amidine groups is 1. The van der Waals surface area contributed by atoms with Crippen LogP contribution in [0.25, 0.3) is 11.1 Å². The van der Waals surface area contributed by atoms with Crippen LogP contribution in [0.3, 0.4) is 0 Å². The number of para-hydroxylation sites is 1. The summed E-state index contributed by atoms with van der Waals surface area (Å²) in [5.41, 5.74) is 22.2. The first kappa shape index (κ1) is 25.4. The Morgan fingerprint density at radius 2 is 1.94 bits per heavy atom. The maximum atomic E-state index is 12.3. The number of nitrogen functional groups attached to an aromatic ring is 1. The highest BCUT2D eigenvalue weighted by molar-refractivity contribution is 7.96. The third-order valence-corrected chi connectivity index (χ3v) is 5.85. The molecule has 0 spiro atoms. The van der Waals surface area contributed by atoms with Gasteiger partial charge in [-0.05, 0) is 17.7 Å². The fourth-order valence-electron chi connectivity index (χ4n) is 3.12. The highest BCUT2D eigenvalue weighted by Crippen LogP contribution is 2.41. The molecule has 0 saturated carbocycles. The highest BCUT2D eigenvalue weighted by Gasteiger charge is 2.27. The molecule has 0 amide bonds. The van der Waals surface area contributed by atoms with Gasteiger partial charge < -0.3 is 22.2 Å². The van der Waals surface area contributed by atoms with Crippen LogP contribution in [-0.2, 0) is 14.3 Å². The Bertz CT molecular complexity index is 1090. The summed E-state index contributed by atoms with van der Waals surface area (Å²) in [5, 5.41) is 10.6. The van der Waals surface area contributed by atoms with Gasteiger partial charge in [0.15, 0.2) is 5.84 Å². The number of hydrazone groups is 1. The Balaban J connectivity index is 2.95. The molecule has 176 valence electrons. The molecule has 2 aromatic rings. The number of rotatable bonds is 10. The third kappa shape index (κ3) is 5.31. The molecule has 0 saturated heterocycles. The van der Waals surface area contributed by atoms with Gasteiger partial charge in [0.25, 0.3) is 0 Å². The molecule has 14 nitrogen and oxygen atoms in total. The van der Waals surface area contributed by atoms with Gasteiger partial charge in [-0.25, -0.2) is 41.0 Å². The summed E-state index contributed by atoms with van der Waals surface area (Å²) in [6.45, 7) is 0.658. The molecule has 2 rings (SSSR count). The van der Waals surface area contributed by atoms with Gasteiger partial charge in [0.2, 0.25) is 10.0 Å². The Morgan fingerprint density at radius 3 is 2.50 bits per heavy atom. The minimum Gasteiger partial charge on any atom is -0.397 e. The van der Waals surface area contributed by atoms with Crippen LogP contribution in [0, 0.1) is 0 Å². The van der Waals surface area contributed by atoms with E-state index < -0.39 is 10.0 Å². The SMILES string of the molecule is CN(SON)c1c(S(N)(=O)=O)ccc(-c2cccc(N(N)CCN)c2N)c1/C(N)=N/NN. The summed E-state index contributed by atoms with van der Waals surface area (Å²) in [4.78, 5) is -0.253. The maximum Gasteiger partial charge on any atom is 0.240 e. The molecule has 0 radical (unpaired) electrons. The highest BCUT2D eigenvalue weighted by atomic mass is 32.2. The Hall–Kier alpha value is -2.83. The lowest BCUT2D eigenvalue weighted by molar-refractivity contribution is 0.397. The van der Waals surface area contributed by atoms with Gasteiger partial charge in [-0.15, -0.1) is 5.10 Å². The number of anilines is 3. The van der Waals surface area contributed by atoms with Crippen LogP contribution < -0.4 is 54.8 Å². The van der Waals surface area contributed by atoms with Crippen LogP contribution in [0.4, 0.5) is 17.1 Å². The van der Waals surface area contributed by atoms with Gasteiger partial charge >= 0.3 is 0 Å². The normalized spacial score (nSPS) is 12.0. The fourth-order valence-corrected chi connectivity index (χ4v) is 4.34.